The summed E-state index contributed by atoms with van der Waals surface area (Å²) in [7, 11) is 1.54. The van der Waals surface area contributed by atoms with Gasteiger partial charge < -0.3 is 14.8 Å². The van der Waals surface area contributed by atoms with Gasteiger partial charge in [-0.05, 0) is 12.8 Å². The molecule has 0 heterocycles. The third-order valence-electron chi connectivity index (χ3n) is 2.66. The highest BCUT2D eigenvalue weighted by Crippen LogP contribution is 2.26. The number of benzene rings is 1. The molecule has 0 aliphatic carbocycles. The predicted molar refractivity (Wildman–Crippen MR) is 66.7 cm³/mol. The highest BCUT2D eigenvalue weighted by atomic mass is 19.2. The predicted octanol–water partition coefficient (Wildman–Crippen LogP) is 3.24. The van der Waals surface area contributed by atoms with Crippen LogP contribution >= 0.6 is 0 Å². The number of halogens is 5. The summed E-state index contributed by atoms with van der Waals surface area (Å²) in [5, 5.41) is 2.22. The standard InChI is InChI=1S/C13H16F5NO2/c1-20-6-7-21-5-3-2-4-19-13-11(17)9(15)8(14)10(16)12(13)18/h19H,2-7H2,1H3. The maximum Gasteiger partial charge on any atom is 0.200 e. The highest BCUT2D eigenvalue weighted by molar-refractivity contribution is 5.47. The van der Waals surface area contributed by atoms with Gasteiger partial charge in [-0.25, -0.2) is 22.0 Å². The Morgan fingerprint density at radius 3 is 1.90 bits per heavy atom. The summed E-state index contributed by atoms with van der Waals surface area (Å²) in [6, 6.07) is 0. The lowest BCUT2D eigenvalue weighted by molar-refractivity contribution is 0.0691. The Morgan fingerprint density at radius 1 is 0.762 bits per heavy atom. The Balaban J connectivity index is 2.43. The summed E-state index contributed by atoms with van der Waals surface area (Å²) in [6.45, 7) is 1.37. The van der Waals surface area contributed by atoms with E-state index in [9.17, 15) is 22.0 Å². The monoisotopic (exact) mass is 313 g/mol. The van der Waals surface area contributed by atoms with E-state index in [0.717, 1.165) is 0 Å². The zero-order valence-electron chi connectivity index (χ0n) is 11.4. The molecule has 0 amide bonds. The number of rotatable bonds is 9. The van der Waals surface area contributed by atoms with Crippen molar-refractivity contribution in [2.45, 2.75) is 12.8 Å². The maximum atomic E-state index is 13.3. The van der Waals surface area contributed by atoms with Crippen LogP contribution in [0.25, 0.3) is 0 Å². The average Bonchev–Trinajstić information content (AvgIpc) is 2.49. The summed E-state index contributed by atoms with van der Waals surface area (Å²) in [5.74, 6) is -9.80. The van der Waals surface area contributed by atoms with Crippen molar-refractivity contribution in [2.24, 2.45) is 0 Å². The van der Waals surface area contributed by atoms with Crippen LogP contribution in [0.4, 0.5) is 27.6 Å². The number of anilines is 1. The van der Waals surface area contributed by atoms with E-state index in [4.69, 9.17) is 9.47 Å². The SMILES string of the molecule is COCCOCCCCNc1c(F)c(F)c(F)c(F)c1F. The van der Waals surface area contributed by atoms with E-state index in [0.29, 0.717) is 32.7 Å². The normalized spacial score (nSPS) is 11.0. The molecule has 120 valence electrons. The van der Waals surface area contributed by atoms with E-state index in [2.05, 4.69) is 5.32 Å². The Morgan fingerprint density at radius 2 is 1.33 bits per heavy atom. The van der Waals surface area contributed by atoms with E-state index < -0.39 is 34.8 Å². The van der Waals surface area contributed by atoms with E-state index in [1.807, 2.05) is 0 Å². The number of methoxy groups -OCH3 is 1. The van der Waals surface area contributed by atoms with Crippen molar-refractivity contribution >= 4 is 5.69 Å². The zero-order chi connectivity index (χ0) is 15.8. The van der Waals surface area contributed by atoms with Crippen LogP contribution in [0.1, 0.15) is 12.8 Å². The topological polar surface area (TPSA) is 30.5 Å². The van der Waals surface area contributed by atoms with E-state index in [1.165, 1.54) is 7.11 Å². The Kier molecular flexibility index (Phi) is 7.38. The number of ether oxygens (including phenoxy) is 2. The fourth-order valence-corrected chi connectivity index (χ4v) is 1.55. The smallest absolute Gasteiger partial charge is 0.200 e. The zero-order valence-corrected chi connectivity index (χ0v) is 11.4. The van der Waals surface area contributed by atoms with Crippen LogP contribution < -0.4 is 5.32 Å². The number of unbranched alkanes of at least 4 members (excludes halogenated alkanes) is 1. The van der Waals surface area contributed by atoms with Crippen molar-refractivity contribution in [2.75, 3.05) is 38.8 Å². The van der Waals surface area contributed by atoms with Gasteiger partial charge in [0.25, 0.3) is 0 Å². The summed E-state index contributed by atoms with van der Waals surface area (Å²) in [5.41, 5.74) is -1.01. The van der Waals surface area contributed by atoms with Gasteiger partial charge >= 0.3 is 0 Å². The highest BCUT2D eigenvalue weighted by Gasteiger charge is 2.25. The lowest BCUT2D eigenvalue weighted by Gasteiger charge is -2.10. The minimum atomic E-state index is -2.16. The molecule has 0 spiro atoms. The number of hydrogen-bond acceptors (Lipinski definition) is 3. The molecule has 1 N–H and O–H groups in total. The molecule has 0 aromatic heterocycles. The Labute approximate surface area is 119 Å². The molecule has 0 aliphatic heterocycles. The molecule has 0 radical (unpaired) electrons. The number of nitrogens with one attached hydrogen (secondary N) is 1. The van der Waals surface area contributed by atoms with Crippen LogP contribution in [0.3, 0.4) is 0 Å². The van der Waals surface area contributed by atoms with Gasteiger partial charge in [0.2, 0.25) is 5.82 Å². The molecule has 21 heavy (non-hydrogen) atoms. The molecule has 0 saturated carbocycles. The second kappa shape index (κ2) is 8.78. The van der Waals surface area contributed by atoms with Gasteiger partial charge in [0.1, 0.15) is 5.69 Å². The van der Waals surface area contributed by atoms with Crippen molar-refractivity contribution in [3.05, 3.63) is 29.1 Å². The van der Waals surface area contributed by atoms with Gasteiger partial charge in [-0.3, -0.25) is 0 Å². The van der Waals surface area contributed by atoms with Crippen molar-refractivity contribution < 1.29 is 31.4 Å². The molecule has 0 fully saturated rings. The van der Waals surface area contributed by atoms with E-state index in [1.54, 1.807) is 0 Å². The van der Waals surface area contributed by atoms with Gasteiger partial charge in [-0.15, -0.1) is 0 Å². The molecule has 1 aromatic carbocycles. The first-order valence-corrected chi connectivity index (χ1v) is 6.32. The van der Waals surface area contributed by atoms with Crippen LogP contribution in [0.5, 0.6) is 0 Å². The fraction of sp³-hybridized carbons (Fsp3) is 0.538. The van der Waals surface area contributed by atoms with Crippen LogP contribution in [0, 0.1) is 29.1 Å². The van der Waals surface area contributed by atoms with E-state index >= 15 is 0 Å². The molecular formula is C13H16F5NO2. The summed E-state index contributed by atoms with van der Waals surface area (Å²) >= 11 is 0. The van der Waals surface area contributed by atoms with E-state index in [-0.39, 0.29) is 6.54 Å². The van der Waals surface area contributed by atoms with Crippen molar-refractivity contribution in [3.63, 3.8) is 0 Å². The first-order valence-electron chi connectivity index (χ1n) is 6.32. The third kappa shape index (κ3) is 4.82. The van der Waals surface area contributed by atoms with Crippen LogP contribution in [0.2, 0.25) is 0 Å². The minimum Gasteiger partial charge on any atom is -0.382 e. The second-order valence-electron chi connectivity index (χ2n) is 4.18. The van der Waals surface area contributed by atoms with Gasteiger partial charge in [0, 0.05) is 20.3 Å². The van der Waals surface area contributed by atoms with Gasteiger partial charge in [0.05, 0.1) is 13.2 Å². The first-order chi connectivity index (χ1) is 10.0. The van der Waals surface area contributed by atoms with Crippen molar-refractivity contribution in [3.8, 4) is 0 Å². The average molecular weight is 313 g/mol. The van der Waals surface area contributed by atoms with Gasteiger partial charge in [-0.1, -0.05) is 0 Å². The fourth-order valence-electron chi connectivity index (χ4n) is 1.55. The quantitative estimate of drug-likeness (QED) is 0.329. The number of hydrogen-bond donors (Lipinski definition) is 1. The maximum absolute atomic E-state index is 13.3. The van der Waals surface area contributed by atoms with Crippen LogP contribution in [-0.2, 0) is 9.47 Å². The van der Waals surface area contributed by atoms with Crippen LogP contribution in [-0.4, -0.2) is 33.5 Å². The lowest BCUT2D eigenvalue weighted by atomic mass is 10.2. The molecule has 1 aromatic rings. The summed E-state index contributed by atoms with van der Waals surface area (Å²) in [6.07, 6.45) is 1.03. The van der Waals surface area contributed by atoms with Gasteiger partial charge in [0.15, 0.2) is 23.3 Å². The van der Waals surface area contributed by atoms with Crippen LogP contribution in [0.15, 0.2) is 0 Å². The first kappa shape index (κ1) is 17.6. The third-order valence-corrected chi connectivity index (χ3v) is 2.66. The molecule has 3 nitrogen and oxygen atoms in total. The van der Waals surface area contributed by atoms with Crippen molar-refractivity contribution in [1.29, 1.82) is 0 Å². The molecule has 0 bridgehead atoms. The summed E-state index contributed by atoms with van der Waals surface area (Å²) < 4.78 is 75.2. The second-order valence-corrected chi connectivity index (χ2v) is 4.18. The molecule has 8 heteroatoms. The molecule has 0 atom stereocenters. The Hall–Kier alpha value is -1.41. The molecule has 0 saturated heterocycles. The van der Waals surface area contributed by atoms with Crippen molar-refractivity contribution in [1.82, 2.24) is 0 Å². The Bertz CT molecular complexity index is 441. The minimum absolute atomic E-state index is 0.0615. The molecule has 0 unspecified atom stereocenters. The molecule has 0 aliphatic rings. The molecule has 1 rings (SSSR count). The molecular weight excluding hydrogens is 297 g/mol. The lowest BCUT2D eigenvalue weighted by Crippen LogP contribution is -2.11. The largest absolute Gasteiger partial charge is 0.382 e. The van der Waals surface area contributed by atoms with Gasteiger partial charge in [-0.2, -0.15) is 0 Å². The summed E-state index contributed by atoms with van der Waals surface area (Å²) in [4.78, 5) is 0.